The van der Waals surface area contributed by atoms with Gasteiger partial charge in [0.25, 0.3) is 5.91 Å². The smallest absolute Gasteiger partial charge is 0.303 e. The number of hydrogen-bond acceptors (Lipinski definition) is 5. The summed E-state index contributed by atoms with van der Waals surface area (Å²) in [6.45, 7) is 7.48. The van der Waals surface area contributed by atoms with Crippen LogP contribution in [0.3, 0.4) is 0 Å². The molecule has 0 radical (unpaired) electrons. The van der Waals surface area contributed by atoms with Crippen molar-refractivity contribution in [1.82, 2.24) is 9.80 Å². The number of piperidine rings is 1. The molecule has 1 saturated heterocycles. The third kappa shape index (κ3) is 4.34. The van der Waals surface area contributed by atoms with Crippen molar-refractivity contribution in [1.29, 1.82) is 0 Å². The molecule has 2 unspecified atom stereocenters. The van der Waals surface area contributed by atoms with Gasteiger partial charge in [0.1, 0.15) is 11.4 Å². The van der Waals surface area contributed by atoms with Crippen molar-refractivity contribution >= 4 is 11.9 Å². The van der Waals surface area contributed by atoms with Crippen LogP contribution in [0.15, 0.2) is 67.3 Å². The normalized spacial score (nSPS) is 26.8. The molecular weight excluding hydrogens is 428 g/mol. The van der Waals surface area contributed by atoms with Crippen molar-refractivity contribution in [3.8, 4) is 5.75 Å². The molecule has 6 nitrogen and oxygen atoms in total. The van der Waals surface area contributed by atoms with Gasteiger partial charge in [-0.25, -0.2) is 0 Å². The highest BCUT2D eigenvalue weighted by Gasteiger charge is 2.61. The minimum Gasteiger partial charge on any atom is -0.508 e. The molecule has 0 bridgehead atoms. The van der Waals surface area contributed by atoms with E-state index in [4.69, 9.17) is 4.74 Å². The lowest BCUT2D eigenvalue weighted by atomic mass is 9.55. The van der Waals surface area contributed by atoms with E-state index in [1.54, 1.807) is 12.1 Å². The Bertz CT molecular complexity index is 1060. The molecule has 6 heteroatoms. The Hall–Kier alpha value is -3.12. The summed E-state index contributed by atoms with van der Waals surface area (Å²) in [7, 11) is 1.86. The fraction of sp³-hybridized carbons (Fsp3) is 0.429. The molecule has 1 N–H and O–H groups in total. The topological polar surface area (TPSA) is 70.1 Å². The lowest BCUT2D eigenvalue weighted by Crippen LogP contribution is -2.68. The molecule has 1 heterocycles. The number of carbonyl (C=O) groups is 2. The first kappa shape index (κ1) is 24.0. The van der Waals surface area contributed by atoms with Crippen molar-refractivity contribution in [2.24, 2.45) is 0 Å². The molecule has 1 aliphatic heterocycles. The number of phenols is 1. The van der Waals surface area contributed by atoms with Gasteiger partial charge >= 0.3 is 5.97 Å². The molecule has 2 aromatic carbocycles. The van der Waals surface area contributed by atoms with Crippen LogP contribution >= 0.6 is 0 Å². The van der Waals surface area contributed by atoms with Crippen molar-refractivity contribution in [2.45, 2.75) is 49.7 Å². The average molecular weight is 463 g/mol. The van der Waals surface area contributed by atoms with Crippen LogP contribution in [0.5, 0.6) is 5.75 Å². The average Bonchev–Trinajstić information content (AvgIpc) is 2.83. The van der Waals surface area contributed by atoms with E-state index in [1.807, 2.05) is 60.5 Å². The Morgan fingerprint density at radius 2 is 1.97 bits per heavy atom. The molecule has 34 heavy (non-hydrogen) atoms. The van der Waals surface area contributed by atoms with Crippen molar-refractivity contribution in [3.63, 3.8) is 0 Å². The van der Waals surface area contributed by atoms with E-state index in [0.29, 0.717) is 24.9 Å². The van der Waals surface area contributed by atoms with Crippen LogP contribution in [0.1, 0.15) is 48.5 Å². The molecule has 2 aliphatic rings. The van der Waals surface area contributed by atoms with Crippen LogP contribution in [-0.2, 0) is 14.9 Å². The van der Waals surface area contributed by atoms with E-state index in [1.165, 1.54) is 6.92 Å². The van der Waals surface area contributed by atoms with Gasteiger partial charge in [-0.15, -0.1) is 6.58 Å². The zero-order chi connectivity index (χ0) is 24.3. The summed E-state index contributed by atoms with van der Waals surface area (Å²) in [5, 5.41) is 10.3. The quantitative estimate of drug-likeness (QED) is 0.516. The number of fused-ring (bicyclic) bond motifs is 1. The van der Waals surface area contributed by atoms with Crippen molar-refractivity contribution < 1.29 is 19.4 Å². The van der Waals surface area contributed by atoms with Gasteiger partial charge in [-0.2, -0.15) is 0 Å². The highest BCUT2D eigenvalue weighted by atomic mass is 16.6. The van der Waals surface area contributed by atoms with E-state index in [0.717, 1.165) is 31.5 Å². The Morgan fingerprint density at radius 1 is 1.21 bits per heavy atom. The standard InChI is InChI=1S/C28H34N2O4/c1-4-16-30-17-15-27(23-11-8-12-25(32)18-23)19-24(13-14-28(27,20-30)34-21(2)31)29(3)26(33)22-9-6-5-7-10-22/h4-12,18,24,32H,1,13-17,19-20H2,2-3H3/t24-,27?,28?/m1/s1. The maximum Gasteiger partial charge on any atom is 0.303 e. The van der Waals surface area contributed by atoms with E-state index in [-0.39, 0.29) is 23.7 Å². The maximum absolute atomic E-state index is 13.3. The van der Waals surface area contributed by atoms with Gasteiger partial charge in [0, 0.05) is 44.1 Å². The van der Waals surface area contributed by atoms with Crippen LogP contribution in [-0.4, -0.2) is 65.1 Å². The Kier molecular flexibility index (Phi) is 6.80. The third-order valence-corrected chi connectivity index (χ3v) is 7.69. The molecule has 2 aromatic rings. The monoisotopic (exact) mass is 462 g/mol. The lowest BCUT2D eigenvalue weighted by Gasteiger charge is -2.60. The van der Waals surface area contributed by atoms with E-state index >= 15 is 0 Å². The molecule has 2 fully saturated rings. The number of nitrogens with zero attached hydrogens (tertiary/aromatic N) is 2. The summed E-state index contributed by atoms with van der Waals surface area (Å²) in [4.78, 5) is 29.8. The predicted molar refractivity (Wildman–Crippen MR) is 132 cm³/mol. The van der Waals surface area contributed by atoms with Gasteiger partial charge in [-0.05, 0) is 62.1 Å². The van der Waals surface area contributed by atoms with Crippen LogP contribution in [0, 0.1) is 0 Å². The SMILES string of the molecule is C=CCN1CCC2(c3cccc(O)c3)C[C@H](N(C)C(=O)c3ccccc3)CCC2(OC(C)=O)C1. The maximum atomic E-state index is 13.3. The molecule has 1 amide bonds. The zero-order valence-electron chi connectivity index (χ0n) is 20.1. The molecule has 4 rings (SSSR count). The number of benzene rings is 2. The lowest BCUT2D eigenvalue weighted by molar-refractivity contribution is -0.188. The first-order valence-corrected chi connectivity index (χ1v) is 11.9. The number of hydrogen-bond donors (Lipinski definition) is 1. The van der Waals surface area contributed by atoms with Crippen LogP contribution in [0.4, 0.5) is 0 Å². The number of ether oxygens (including phenoxy) is 1. The van der Waals surface area contributed by atoms with Crippen molar-refractivity contribution in [3.05, 3.63) is 78.4 Å². The van der Waals surface area contributed by atoms with E-state index in [9.17, 15) is 14.7 Å². The summed E-state index contributed by atoms with van der Waals surface area (Å²) in [5.41, 5.74) is 0.343. The first-order chi connectivity index (χ1) is 16.3. The summed E-state index contributed by atoms with van der Waals surface area (Å²) >= 11 is 0. The minimum absolute atomic E-state index is 0.0132. The van der Waals surface area contributed by atoms with Crippen molar-refractivity contribution in [2.75, 3.05) is 26.7 Å². The van der Waals surface area contributed by atoms with E-state index in [2.05, 4.69) is 11.5 Å². The second-order valence-corrected chi connectivity index (χ2v) is 9.67. The number of aromatic hydroxyl groups is 1. The highest BCUT2D eigenvalue weighted by molar-refractivity contribution is 5.94. The second-order valence-electron chi connectivity index (χ2n) is 9.67. The Morgan fingerprint density at radius 3 is 2.65 bits per heavy atom. The van der Waals surface area contributed by atoms with E-state index < -0.39 is 11.0 Å². The Balaban J connectivity index is 1.76. The van der Waals surface area contributed by atoms with Gasteiger partial charge in [-0.1, -0.05) is 36.4 Å². The fourth-order valence-electron chi connectivity index (χ4n) is 6.08. The number of amides is 1. The molecule has 1 saturated carbocycles. The summed E-state index contributed by atoms with van der Waals surface area (Å²) in [6.07, 6.45) is 4.64. The first-order valence-electron chi connectivity index (χ1n) is 11.9. The number of rotatable bonds is 6. The van der Waals surface area contributed by atoms with Crippen LogP contribution in [0.2, 0.25) is 0 Å². The van der Waals surface area contributed by atoms with Crippen LogP contribution in [0.25, 0.3) is 0 Å². The second kappa shape index (κ2) is 9.63. The number of carbonyl (C=O) groups excluding carboxylic acids is 2. The molecule has 0 spiro atoms. The molecular formula is C28H34N2O4. The zero-order valence-corrected chi connectivity index (χ0v) is 20.1. The number of esters is 1. The number of phenolic OH excluding ortho intramolecular Hbond substituents is 1. The highest BCUT2D eigenvalue weighted by Crippen LogP contribution is 2.54. The molecule has 3 atom stereocenters. The Labute approximate surface area is 201 Å². The molecule has 0 aromatic heterocycles. The number of likely N-dealkylation sites (tertiary alicyclic amines) is 1. The fourth-order valence-corrected chi connectivity index (χ4v) is 6.08. The predicted octanol–water partition coefficient (Wildman–Crippen LogP) is 4.15. The van der Waals surface area contributed by atoms with Gasteiger partial charge in [-0.3, -0.25) is 14.5 Å². The van der Waals surface area contributed by atoms with Gasteiger partial charge in [0.15, 0.2) is 0 Å². The molecule has 180 valence electrons. The summed E-state index contributed by atoms with van der Waals surface area (Å²) in [6, 6.07) is 16.6. The third-order valence-electron chi connectivity index (χ3n) is 7.69. The van der Waals surface area contributed by atoms with Crippen LogP contribution < -0.4 is 0 Å². The summed E-state index contributed by atoms with van der Waals surface area (Å²) < 4.78 is 6.23. The largest absolute Gasteiger partial charge is 0.508 e. The van der Waals surface area contributed by atoms with Gasteiger partial charge in [0.2, 0.25) is 0 Å². The van der Waals surface area contributed by atoms with Gasteiger partial charge in [0.05, 0.1) is 0 Å². The summed E-state index contributed by atoms with van der Waals surface area (Å²) in [5.74, 6) is -0.133. The minimum atomic E-state index is -0.749. The van der Waals surface area contributed by atoms with Gasteiger partial charge < -0.3 is 14.7 Å². The molecule has 1 aliphatic carbocycles.